The standard InChI is InChI=1S/C18H10N2/c19-11-15-9-13-5-1-2-6-14(13)10-16(12-20)18-8-4-3-7-17(15)18/h1-10H/b13-9?,14-10?,15-9-,16-10-,17-15?,18-16?. The van der Waals surface area contributed by atoms with Crippen molar-refractivity contribution in [3.8, 4) is 12.1 Å². The third-order valence-corrected chi connectivity index (χ3v) is 3.34. The van der Waals surface area contributed by atoms with Crippen LogP contribution in [0.2, 0.25) is 0 Å². The summed E-state index contributed by atoms with van der Waals surface area (Å²) < 4.78 is 0. The zero-order valence-corrected chi connectivity index (χ0v) is 10.7. The quantitative estimate of drug-likeness (QED) is 0.709. The van der Waals surface area contributed by atoms with Crippen LogP contribution in [0.4, 0.5) is 0 Å². The van der Waals surface area contributed by atoms with E-state index in [2.05, 4.69) is 12.1 Å². The van der Waals surface area contributed by atoms with Crippen molar-refractivity contribution in [2.24, 2.45) is 0 Å². The Kier molecular flexibility index (Phi) is 2.92. The third kappa shape index (κ3) is 1.90. The molecule has 0 unspecified atom stereocenters. The molecule has 1 aliphatic carbocycles. The molecular formula is C18H10N2. The van der Waals surface area contributed by atoms with Crippen molar-refractivity contribution in [1.82, 2.24) is 0 Å². The molecule has 0 amide bonds. The predicted octanol–water partition coefficient (Wildman–Crippen LogP) is 4.13. The first-order valence-electron chi connectivity index (χ1n) is 6.26. The average Bonchev–Trinajstić information content (AvgIpc) is 2.49. The smallest absolute Gasteiger partial charge is 0.0998 e. The van der Waals surface area contributed by atoms with Crippen molar-refractivity contribution in [1.29, 1.82) is 10.5 Å². The van der Waals surface area contributed by atoms with E-state index in [1.807, 2.05) is 60.7 Å². The van der Waals surface area contributed by atoms with Crippen LogP contribution >= 0.6 is 0 Å². The molecule has 92 valence electrons. The van der Waals surface area contributed by atoms with Gasteiger partial charge in [-0.2, -0.15) is 10.5 Å². The molecule has 1 aliphatic rings. The number of hydrogen-bond donors (Lipinski definition) is 0. The number of rotatable bonds is 0. The van der Waals surface area contributed by atoms with Crippen molar-refractivity contribution in [2.45, 2.75) is 0 Å². The van der Waals surface area contributed by atoms with E-state index < -0.39 is 0 Å². The Bertz CT molecular complexity index is 757. The van der Waals surface area contributed by atoms with Crippen LogP contribution in [0, 0.1) is 22.7 Å². The number of benzene rings is 2. The average molecular weight is 254 g/mol. The van der Waals surface area contributed by atoms with Crippen LogP contribution in [0.15, 0.2) is 48.5 Å². The summed E-state index contributed by atoms with van der Waals surface area (Å²) in [7, 11) is 0. The Labute approximate surface area is 117 Å². The third-order valence-electron chi connectivity index (χ3n) is 3.34. The first-order valence-corrected chi connectivity index (χ1v) is 6.26. The van der Waals surface area contributed by atoms with Crippen LogP contribution in [0.25, 0.3) is 23.3 Å². The Hall–Kier alpha value is -3.10. The second-order valence-corrected chi connectivity index (χ2v) is 4.51. The normalized spacial score (nSPS) is 17.7. The van der Waals surface area contributed by atoms with Crippen molar-refractivity contribution in [3.05, 3.63) is 70.8 Å². The Balaban J connectivity index is 2.39. The van der Waals surface area contributed by atoms with E-state index in [9.17, 15) is 10.5 Å². The predicted molar refractivity (Wildman–Crippen MR) is 79.9 cm³/mol. The number of allylic oxidation sites excluding steroid dienone is 2. The van der Waals surface area contributed by atoms with Gasteiger partial charge < -0.3 is 0 Å². The molecule has 0 fully saturated rings. The maximum Gasteiger partial charge on any atom is 0.0998 e. The van der Waals surface area contributed by atoms with Crippen LogP contribution in [0.1, 0.15) is 22.3 Å². The molecule has 0 N–H and O–H groups in total. The van der Waals surface area contributed by atoms with Gasteiger partial charge in [-0.1, -0.05) is 48.5 Å². The van der Waals surface area contributed by atoms with Crippen LogP contribution in [-0.4, -0.2) is 0 Å². The molecular weight excluding hydrogens is 244 g/mol. The number of nitriles is 2. The van der Waals surface area contributed by atoms with Gasteiger partial charge in [0, 0.05) is 11.1 Å². The lowest BCUT2D eigenvalue weighted by Gasteiger charge is -2.12. The molecule has 20 heavy (non-hydrogen) atoms. The molecule has 0 saturated carbocycles. The summed E-state index contributed by atoms with van der Waals surface area (Å²) in [4.78, 5) is 0. The Morgan fingerprint density at radius 3 is 1.40 bits per heavy atom. The molecule has 0 radical (unpaired) electrons. The maximum atomic E-state index is 9.42. The highest BCUT2D eigenvalue weighted by molar-refractivity contribution is 6.02. The maximum absolute atomic E-state index is 9.42. The van der Waals surface area contributed by atoms with Gasteiger partial charge in [0.25, 0.3) is 0 Å². The fourth-order valence-corrected chi connectivity index (χ4v) is 2.38. The molecule has 0 saturated heterocycles. The monoisotopic (exact) mass is 254 g/mol. The lowest BCUT2D eigenvalue weighted by molar-refractivity contribution is 1.48. The van der Waals surface area contributed by atoms with Gasteiger partial charge in [-0.25, -0.2) is 0 Å². The van der Waals surface area contributed by atoms with Gasteiger partial charge in [-0.3, -0.25) is 0 Å². The Morgan fingerprint density at radius 2 is 1.00 bits per heavy atom. The van der Waals surface area contributed by atoms with E-state index in [1.54, 1.807) is 0 Å². The van der Waals surface area contributed by atoms with Crippen molar-refractivity contribution in [3.63, 3.8) is 0 Å². The van der Waals surface area contributed by atoms with Gasteiger partial charge in [0.05, 0.1) is 23.3 Å². The molecule has 3 rings (SSSR count). The van der Waals surface area contributed by atoms with Crippen molar-refractivity contribution >= 4 is 23.3 Å². The zero-order valence-electron chi connectivity index (χ0n) is 10.7. The summed E-state index contributed by atoms with van der Waals surface area (Å²) in [6, 6.07) is 19.8. The van der Waals surface area contributed by atoms with E-state index in [0.29, 0.717) is 11.1 Å². The van der Waals surface area contributed by atoms with E-state index >= 15 is 0 Å². The fraction of sp³-hybridized carbons (Fsp3) is 0. The molecule has 2 nitrogen and oxygen atoms in total. The molecule has 0 bridgehead atoms. The fourth-order valence-electron chi connectivity index (χ4n) is 2.38. The minimum atomic E-state index is 0.578. The molecule has 0 aliphatic heterocycles. The number of nitrogens with zero attached hydrogens (tertiary/aromatic N) is 2. The van der Waals surface area contributed by atoms with Gasteiger partial charge in [-0.05, 0) is 23.3 Å². The lowest BCUT2D eigenvalue weighted by Crippen LogP contribution is -1.95. The van der Waals surface area contributed by atoms with Gasteiger partial charge in [0.1, 0.15) is 0 Å². The SMILES string of the molecule is N#C/C1=C/c2ccccc2/C=C(/C#N)c2ccccc21. The van der Waals surface area contributed by atoms with Crippen molar-refractivity contribution in [2.75, 3.05) is 0 Å². The van der Waals surface area contributed by atoms with E-state index in [0.717, 1.165) is 22.3 Å². The number of fused-ring (bicyclic) bond motifs is 2. The van der Waals surface area contributed by atoms with Crippen LogP contribution in [0.3, 0.4) is 0 Å². The minimum Gasteiger partial charge on any atom is -0.192 e. The topological polar surface area (TPSA) is 47.6 Å². The lowest BCUT2D eigenvalue weighted by atomic mass is 9.89. The summed E-state index contributed by atoms with van der Waals surface area (Å²) in [5, 5.41) is 18.8. The van der Waals surface area contributed by atoms with Gasteiger partial charge in [0.15, 0.2) is 0 Å². The zero-order chi connectivity index (χ0) is 13.9. The van der Waals surface area contributed by atoms with Crippen LogP contribution in [0.5, 0.6) is 0 Å². The molecule has 2 heteroatoms. The van der Waals surface area contributed by atoms with Gasteiger partial charge in [-0.15, -0.1) is 0 Å². The second kappa shape index (κ2) is 4.88. The molecule has 2 aromatic carbocycles. The van der Waals surface area contributed by atoms with Gasteiger partial charge in [0.2, 0.25) is 0 Å². The molecule has 0 spiro atoms. The molecule has 0 atom stereocenters. The Morgan fingerprint density at radius 1 is 0.600 bits per heavy atom. The largest absolute Gasteiger partial charge is 0.192 e. The summed E-state index contributed by atoms with van der Waals surface area (Å²) >= 11 is 0. The highest BCUT2D eigenvalue weighted by atomic mass is 14.3. The highest BCUT2D eigenvalue weighted by Gasteiger charge is 2.14. The summed E-state index contributed by atoms with van der Waals surface area (Å²) in [6.07, 6.45) is 3.75. The summed E-state index contributed by atoms with van der Waals surface area (Å²) in [6.45, 7) is 0. The number of hydrogen-bond acceptors (Lipinski definition) is 2. The summed E-state index contributed by atoms with van der Waals surface area (Å²) in [5.74, 6) is 0. The second-order valence-electron chi connectivity index (χ2n) is 4.51. The molecule has 2 aromatic rings. The first-order chi connectivity index (χ1) is 9.83. The molecule has 0 aromatic heterocycles. The van der Waals surface area contributed by atoms with E-state index in [4.69, 9.17) is 0 Å². The van der Waals surface area contributed by atoms with Crippen LogP contribution < -0.4 is 0 Å². The van der Waals surface area contributed by atoms with Crippen LogP contribution in [-0.2, 0) is 0 Å². The minimum absolute atomic E-state index is 0.578. The molecule has 0 heterocycles. The van der Waals surface area contributed by atoms with E-state index in [1.165, 1.54) is 0 Å². The van der Waals surface area contributed by atoms with Gasteiger partial charge >= 0.3 is 0 Å². The first kappa shape index (κ1) is 12.0. The van der Waals surface area contributed by atoms with Crippen molar-refractivity contribution < 1.29 is 0 Å². The van der Waals surface area contributed by atoms with E-state index in [-0.39, 0.29) is 0 Å². The summed E-state index contributed by atoms with van der Waals surface area (Å²) in [5.41, 5.74) is 4.66. The highest BCUT2D eigenvalue weighted by Crippen LogP contribution is 2.31.